The topological polar surface area (TPSA) is 274 Å². The largest absolute Gasteiger partial charge is 0.481 e. The summed E-state index contributed by atoms with van der Waals surface area (Å²) in [6.45, 7) is 1.46. The standard InChI is InChI=1S/C33H47N5O9.C2H4O2.CO2/c1-36(21-31(41)42)14-15-37(16-17-38(22-32(43)44)23-33(45)46)20-30(40)35-19-27-9-7-26(8-10-27)13-18-47-24-29(39)28(34)12-11-25-5-3-2-4-6-25;1-2(3)4;2-1-3/h2-10,28H,11-24,34H2,1H3,(H,35,40)(H,41,42)(H,43,44)(H,45,46);1H3,(H,3,4);/t28-;;/m1../s1. The molecule has 2 aromatic carbocycles. The average Bonchev–Trinajstić information content (AvgIpc) is 3.09. The minimum Gasteiger partial charge on any atom is -0.481 e. The number of aryl methyl sites for hydroxylation is 1. The number of aliphatic carboxylic acids is 4. The molecule has 18 heteroatoms. The molecule has 0 unspecified atom stereocenters. The van der Waals surface area contributed by atoms with Crippen molar-refractivity contribution in [3.63, 3.8) is 0 Å². The van der Waals surface area contributed by atoms with Crippen molar-refractivity contribution in [2.24, 2.45) is 5.73 Å². The monoisotopic (exact) mass is 761 g/mol. The van der Waals surface area contributed by atoms with E-state index in [2.05, 4.69) is 5.32 Å². The summed E-state index contributed by atoms with van der Waals surface area (Å²) in [6, 6.07) is 16.9. The second kappa shape index (κ2) is 29.1. The highest BCUT2D eigenvalue weighted by Gasteiger charge is 2.18. The van der Waals surface area contributed by atoms with Gasteiger partial charge in [-0.15, -0.1) is 0 Å². The highest BCUT2D eigenvalue weighted by Crippen LogP contribution is 2.07. The molecule has 0 aliphatic rings. The number of nitrogens with two attached hydrogens (primary N) is 1. The lowest BCUT2D eigenvalue weighted by Gasteiger charge is -2.27. The first-order chi connectivity index (χ1) is 25.6. The fourth-order valence-corrected chi connectivity index (χ4v) is 4.65. The summed E-state index contributed by atoms with van der Waals surface area (Å²) >= 11 is 0. The predicted octanol–water partition coefficient (Wildman–Crippen LogP) is -0.312. The number of hydrogen-bond donors (Lipinski definition) is 6. The number of benzene rings is 2. The van der Waals surface area contributed by atoms with E-state index >= 15 is 0 Å². The molecular formula is C36H51N5O13. The molecule has 0 bridgehead atoms. The number of hydrogen-bond acceptors (Lipinski definition) is 13. The van der Waals surface area contributed by atoms with Crippen molar-refractivity contribution in [1.29, 1.82) is 0 Å². The van der Waals surface area contributed by atoms with Crippen LogP contribution in [0.1, 0.15) is 30.0 Å². The van der Waals surface area contributed by atoms with E-state index < -0.39 is 43.0 Å². The molecule has 0 aromatic heterocycles. The smallest absolute Gasteiger partial charge is 0.373 e. The Bertz CT molecular complexity index is 1450. The number of Topliss-reactive ketones (excluding diaryl/α,β-unsaturated/α-hetero) is 1. The summed E-state index contributed by atoms with van der Waals surface area (Å²) in [5.74, 6) is -4.58. The Kier molecular flexibility index (Phi) is 26.2. The Hall–Kier alpha value is -5.36. The van der Waals surface area contributed by atoms with Crippen molar-refractivity contribution in [3.8, 4) is 0 Å². The van der Waals surface area contributed by atoms with Crippen LogP contribution < -0.4 is 11.1 Å². The molecule has 0 heterocycles. The van der Waals surface area contributed by atoms with Crippen molar-refractivity contribution < 1.29 is 63.5 Å². The van der Waals surface area contributed by atoms with Gasteiger partial charge >= 0.3 is 24.1 Å². The average molecular weight is 762 g/mol. The van der Waals surface area contributed by atoms with E-state index in [9.17, 15) is 24.0 Å². The van der Waals surface area contributed by atoms with E-state index in [-0.39, 0.29) is 57.2 Å². The summed E-state index contributed by atoms with van der Waals surface area (Å²) < 4.78 is 5.56. The molecule has 0 radical (unpaired) electrons. The normalized spacial score (nSPS) is 11.0. The van der Waals surface area contributed by atoms with Gasteiger partial charge in [0.15, 0.2) is 5.78 Å². The Labute approximate surface area is 313 Å². The molecule has 0 spiro atoms. The highest BCUT2D eigenvalue weighted by molar-refractivity contribution is 5.85. The van der Waals surface area contributed by atoms with Crippen LogP contribution in [0.4, 0.5) is 0 Å². The molecule has 7 N–H and O–H groups in total. The lowest BCUT2D eigenvalue weighted by atomic mass is 10.0. The number of carboxylic acids is 4. The summed E-state index contributed by atoms with van der Waals surface area (Å²) in [7, 11) is 1.63. The Balaban J connectivity index is 0.00000369. The van der Waals surface area contributed by atoms with Gasteiger partial charge in [0.05, 0.1) is 38.8 Å². The fraction of sp³-hybridized carbons (Fsp3) is 0.472. The zero-order valence-corrected chi connectivity index (χ0v) is 30.6. The van der Waals surface area contributed by atoms with Crippen molar-refractivity contribution in [2.45, 2.75) is 38.8 Å². The van der Waals surface area contributed by atoms with Crippen LogP contribution in [0.25, 0.3) is 0 Å². The molecule has 0 aliphatic heterocycles. The number of carbonyl (C=O) groups excluding carboxylic acids is 4. The molecular weight excluding hydrogens is 710 g/mol. The molecule has 0 saturated heterocycles. The third-order valence-electron chi connectivity index (χ3n) is 7.31. The molecule has 2 rings (SSSR count). The summed E-state index contributed by atoms with van der Waals surface area (Å²) in [5, 5.41) is 37.5. The minimum atomic E-state index is -1.17. The van der Waals surface area contributed by atoms with Gasteiger partial charge in [0.25, 0.3) is 5.97 Å². The molecule has 0 aliphatic carbocycles. The Morgan fingerprint density at radius 3 is 1.74 bits per heavy atom. The SMILES string of the molecule is CC(=O)O.CN(CCN(CCN(CC(=O)O)CC(=O)O)CC(=O)NCc1ccc(CCOCC(=O)[C@H](N)CCc2ccccc2)cc1)CC(=O)O.O=C=O. The molecule has 2 aromatic rings. The number of rotatable bonds is 25. The van der Waals surface area contributed by atoms with Gasteiger partial charge in [0, 0.05) is 39.6 Å². The van der Waals surface area contributed by atoms with Crippen molar-refractivity contribution >= 4 is 41.7 Å². The molecule has 298 valence electrons. The van der Waals surface area contributed by atoms with Gasteiger partial charge < -0.3 is 36.2 Å². The van der Waals surface area contributed by atoms with Gasteiger partial charge in [0.1, 0.15) is 6.61 Å². The molecule has 0 fully saturated rings. The third-order valence-corrected chi connectivity index (χ3v) is 7.31. The van der Waals surface area contributed by atoms with Crippen molar-refractivity contribution in [2.75, 3.05) is 72.6 Å². The molecule has 18 nitrogen and oxygen atoms in total. The maximum Gasteiger partial charge on any atom is 0.373 e. The maximum absolute atomic E-state index is 12.8. The first kappa shape index (κ1) is 48.6. The predicted molar refractivity (Wildman–Crippen MR) is 192 cm³/mol. The van der Waals surface area contributed by atoms with Crippen LogP contribution in [0, 0.1) is 0 Å². The number of carbonyl (C=O) groups is 6. The van der Waals surface area contributed by atoms with Crippen LogP contribution in [-0.2, 0) is 62.5 Å². The van der Waals surface area contributed by atoms with Crippen LogP contribution in [0.3, 0.4) is 0 Å². The highest BCUT2D eigenvalue weighted by atomic mass is 16.5. The van der Waals surface area contributed by atoms with Crippen LogP contribution in [0.15, 0.2) is 54.6 Å². The Morgan fingerprint density at radius 2 is 1.20 bits per heavy atom. The summed E-state index contributed by atoms with van der Waals surface area (Å²) in [4.78, 5) is 88.2. The van der Waals surface area contributed by atoms with E-state index in [1.54, 1.807) is 16.8 Å². The molecule has 1 amide bonds. The van der Waals surface area contributed by atoms with E-state index in [4.69, 9.17) is 45.3 Å². The zero-order chi connectivity index (χ0) is 40.9. The molecule has 1 atom stereocenters. The summed E-state index contributed by atoms with van der Waals surface area (Å²) in [5.41, 5.74) is 9.03. The number of likely N-dealkylation sites (N-methyl/N-ethyl adjacent to an activating group) is 1. The van der Waals surface area contributed by atoms with E-state index in [1.807, 2.05) is 54.6 Å². The zero-order valence-electron chi connectivity index (χ0n) is 30.6. The summed E-state index contributed by atoms with van der Waals surface area (Å²) in [6.07, 6.45) is 2.14. The number of ether oxygens (including phenoxy) is 1. The second-order valence-electron chi connectivity index (χ2n) is 12.0. The van der Waals surface area contributed by atoms with E-state index in [0.717, 1.165) is 30.0 Å². The molecule has 54 heavy (non-hydrogen) atoms. The van der Waals surface area contributed by atoms with E-state index in [1.165, 1.54) is 4.90 Å². The lowest BCUT2D eigenvalue weighted by Crippen LogP contribution is -2.45. The fourth-order valence-electron chi connectivity index (χ4n) is 4.65. The van der Waals surface area contributed by atoms with Crippen molar-refractivity contribution in [3.05, 3.63) is 71.3 Å². The Morgan fingerprint density at radius 1 is 0.722 bits per heavy atom. The van der Waals surface area contributed by atoms with Crippen LogP contribution in [-0.4, -0.2) is 156 Å². The maximum atomic E-state index is 12.8. The van der Waals surface area contributed by atoms with Crippen molar-refractivity contribution in [1.82, 2.24) is 20.0 Å². The van der Waals surface area contributed by atoms with Gasteiger partial charge in [-0.25, -0.2) is 0 Å². The number of nitrogens with zero attached hydrogens (tertiary/aromatic N) is 3. The van der Waals surface area contributed by atoms with Gasteiger partial charge in [-0.1, -0.05) is 54.6 Å². The van der Waals surface area contributed by atoms with Gasteiger partial charge in [-0.2, -0.15) is 9.59 Å². The van der Waals surface area contributed by atoms with Gasteiger partial charge in [0.2, 0.25) is 5.91 Å². The van der Waals surface area contributed by atoms with Gasteiger partial charge in [-0.05, 0) is 43.0 Å². The van der Waals surface area contributed by atoms with Crippen LogP contribution >= 0.6 is 0 Å². The molecule has 0 saturated carbocycles. The quantitative estimate of drug-likeness (QED) is 0.0708. The number of nitrogens with one attached hydrogen (secondary N) is 1. The van der Waals surface area contributed by atoms with E-state index in [0.29, 0.717) is 32.5 Å². The second-order valence-corrected chi connectivity index (χ2v) is 12.0. The van der Waals surface area contributed by atoms with Crippen LogP contribution in [0.5, 0.6) is 0 Å². The number of ketones is 1. The lowest BCUT2D eigenvalue weighted by molar-refractivity contribution is -0.192. The number of amides is 1. The first-order valence-electron chi connectivity index (χ1n) is 16.8. The van der Waals surface area contributed by atoms with Gasteiger partial charge in [-0.3, -0.25) is 43.5 Å². The van der Waals surface area contributed by atoms with Crippen LogP contribution in [0.2, 0.25) is 0 Å². The number of carboxylic acid groups (broad SMARTS) is 4. The first-order valence-corrected chi connectivity index (χ1v) is 16.8. The minimum absolute atomic E-state index is 0.0376. The third kappa shape index (κ3) is 27.3.